The fourth-order valence-corrected chi connectivity index (χ4v) is 4.89. The summed E-state index contributed by atoms with van der Waals surface area (Å²) in [7, 11) is -4.19. The molecular formula is C26H30N4O6S. The van der Waals surface area contributed by atoms with Crippen molar-refractivity contribution >= 4 is 21.9 Å². The van der Waals surface area contributed by atoms with Gasteiger partial charge in [-0.25, -0.2) is 22.9 Å². The highest BCUT2D eigenvalue weighted by Crippen LogP contribution is 2.29. The number of sulfonamides is 1. The van der Waals surface area contributed by atoms with E-state index in [2.05, 4.69) is 14.7 Å². The third-order valence-corrected chi connectivity index (χ3v) is 7.43. The Morgan fingerprint density at radius 2 is 1.81 bits per heavy atom. The van der Waals surface area contributed by atoms with Crippen LogP contribution in [0.3, 0.4) is 0 Å². The second kappa shape index (κ2) is 11.2. The molecule has 3 aromatic rings. The molecule has 0 radical (unpaired) electrons. The highest BCUT2D eigenvalue weighted by atomic mass is 32.2. The minimum atomic E-state index is -4.19. The van der Waals surface area contributed by atoms with Gasteiger partial charge in [-0.15, -0.1) is 0 Å². The Labute approximate surface area is 215 Å². The van der Waals surface area contributed by atoms with Crippen molar-refractivity contribution in [3.8, 4) is 17.1 Å². The molecule has 1 aromatic heterocycles. The molecule has 0 aliphatic heterocycles. The summed E-state index contributed by atoms with van der Waals surface area (Å²) in [5, 5.41) is 9.23. The fraction of sp³-hybridized carbons (Fsp3) is 0.346. The molecule has 1 heterocycles. The van der Waals surface area contributed by atoms with E-state index in [-0.39, 0.29) is 35.0 Å². The Morgan fingerprint density at radius 1 is 1.11 bits per heavy atom. The number of nitrogens with one attached hydrogen (secondary N) is 1. The molecule has 1 atom stereocenters. The lowest BCUT2D eigenvalue weighted by molar-refractivity contribution is -0.00892. The number of nitrogens with two attached hydrogens (primary N) is 1. The standard InChI is InChI=1S/C26H30N4O6S/c1-16-6-3-7-17(2)24(16)22-13-23(36-15-19(27)14-35-20-9-5-10-20)29-26(28-22)30-37(33,34)21-11-4-8-18(12-21)25(31)32/h3-4,6-8,11-13,19-20H,5,9-10,14-15,27H2,1-2H3,(H,31,32)(H,28,29,30). The van der Waals surface area contributed by atoms with E-state index >= 15 is 0 Å². The molecule has 10 nitrogen and oxygen atoms in total. The van der Waals surface area contributed by atoms with E-state index < -0.39 is 22.0 Å². The number of benzene rings is 2. The van der Waals surface area contributed by atoms with Gasteiger partial charge >= 0.3 is 5.97 Å². The first kappa shape index (κ1) is 26.5. The van der Waals surface area contributed by atoms with Crippen molar-refractivity contribution in [1.29, 1.82) is 0 Å². The van der Waals surface area contributed by atoms with E-state index in [1.807, 2.05) is 32.0 Å². The fourth-order valence-electron chi connectivity index (χ4n) is 3.90. The summed E-state index contributed by atoms with van der Waals surface area (Å²) in [6.45, 7) is 4.32. The average Bonchev–Trinajstić information content (AvgIpc) is 2.81. The Bertz CT molecular complexity index is 1370. The molecule has 11 heteroatoms. The molecule has 1 unspecified atom stereocenters. The molecule has 37 heavy (non-hydrogen) atoms. The van der Waals surface area contributed by atoms with Gasteiger partial charge in [-0.05, 0) is 62.4 Å². The number of carbonyl (C=O) groups is 1. The molecule has 2 aromatic carbocycles. The highest BCUT2D eigenvalue weighted by Gasteiger charge is 2.21. The maximum absolute atomic E-state index is 13.1. The van der Waals surface area contributed by atoms with Crippen LogP contribution in [0.2, 0.25) is 0 Å². The van der Waals surface area contributed by atoms with Crippen LogP contribution in [0.4, 0.5) is 5.95 Å². The monoisotopic (exact) mass is 526 g/mol. The molecule has 1 aliphatic rings. The largest absolute Gasteiger partial charge is 0.478 e. The van der Waals surface area contributed by atoms with Crippen LogP contribution in [0.15, 0.2) is 53.4 Å². The molecule has 1 saturated carbocycles. The summed E-state index contributed by atoms with van der Waals surface area (Å²) in [6, 6.07) is 12.1. The summed E-state index contributed by atoms with van der Waals surface area (Å²) < 4.78 is 40.1. The zero-order valence-corrected chi connectivity index (χ0v) is 21.5. The second-order valence-corrected chi connectivity index (χ2v) is 10.8. The lowest BCUT2D eigenvalue weighted by atomic mass is 9.96. The molecule has 0 amide bonds. The van der Waals surface area contributed by atoms with Crippen molar-refractivity contribution in [3.05, 3.63) is 65.2 Å². The topological polar surface area (TPSA) is 154 Å². The number of aromatic nitrogens is 2. The van der Waals surface area contributed by atoms with Crippen LogP contribution >= 0.6 is 0 Å². The van der Waals surface area contributed by atoms with Crippen LogP contribution in [0.5, 0.6) is 5.88 Å². The molecule has 0 saturated heterocycles. The highest BCUT2D eigenvalue weighted by molar-refractivity contribution is 7.92. The van der Waals surface area contributed by atoms with Crippen molar-refractivity contribution in [1.82, 2.24) is 9.97 Å². The number of hydrogen-bond donors (Lipinski definition) is 3. The van der Waals surface area contributed by atoms with E-state index in [0.717, 1.165) is 42.0 Å². The Balaban J connectivity index is 1.62. The van der Waals surface area contributed by atoms with Gasteiger partial charge in [0.05, 0.1) is 34.9 Å². The van der Waals surface area contributed by atoms with Crippen LogP contribution in [0.25, 0.3) is 11.3 Å². The number of nitrogens with zero attached hydrogens (tertiary/aromatic N) is 2. The zero-order valence-electron chi connectivity index (χ0n) is 20.7. The van der Waals surface area contributed by atoms with Gasteiger partial charge in [0.15, 0.2) is 0 Å². The number of rotatable bonds is 11. The van der Waals surface area contributed by atoms with Gasteiger partial charge in [-0.1, -0.05) is 24.3 Å². The maximum atomic E-state index is 13.1. The van der Waals surface area contributed by atoms with E-state index in [0.29, 0.717) is 12.3 Å². The summed E-state index contributed by atoms with van der Waals surface area (Å²) in [4.78, 5) is 19.8. The third-order valence-electron chi connectivity index (χ3n) is 6.10. The van der Waals surface area contributed by atoms with Gasteiger partial charge in [-0.2, -0.15) is 4.98 Å². The van der Waals surface area contributed by atoms with Gasteiger partial charge in [0.25, 0.3) is 10.0 Å². The van der Waals surface area contributed by atoms with Crippen LogP contribution in [0.1, 0.15) is 40.7 Å². The molecular weight excluding hydrogens is 496 g/mol. The second-order valence-electron chi connectivity index (χ2n) is 9.08. The maximum Gasteiger partial charge on any atom is 0.335 e. The van der Waals surface area contributed by atoms with Crippen LogP contribution < -0.4 is 15.2 Å². The molecule has 1 fully saturated rings. The van der Waals surface area contributed by atoms with Gasteiger partial charge < -0.3 is 20.3 Å². The van der Waals surface area contributed by atoms with Gasteiger partial charge in [0.1, 0.15) is 6.61 Å². The predicted molar refractivity (Wildman–Crippen MR) is 138 cm³/mol. The molecule has 4 N–H and O–H groups in total. The SMILES string of the molecule is Cc1cccc(C)c1-c1cc(OCC(N)COC2CCC2)nc(NS(=O)(=O)c2cccc(C(=O)O)c2)n1. The van der Waals surface area contributed by atoms with Gasteiger partial charge in [0.2, 0.25) is 11.8 Å². The average molecular weight is 527 g/mol. The number of hydrogen-bond acceptors (Lipinski definition) is 8. The number of aryl methyl sites for hydroxylation is 2. The van der Waals surface area contributed by atoms with Gasteiger partial charge in [-0.3, -0.25) is 0 Å². The zero-order chi connectivity index (χ0) is 26.6. The normalized spacial score (nSPS) is 14.6. The first-order valence-electron chi connectivity index (χ1n) is 11.9. The third kappa shape index (κ3) is 6.62. The van der Waals surface area contributed by atoms with Crippen LogP contribution in [0, 0.1) is 13.8 Å². The minimum absolute atomic E-state index is 0.114. The summed E-state index contributed by atoms with van der Waals surface area (Å²) in [5.41, 5.74) is 9.17. The first-order chi connectivity index (χ1) is 17.6. The van der Waals surface area contributed by atoms with E-state index in [1.165, 1.54) is 18.2 Å². The van der Waals surface area contributed by atoms with Crippen molar-refractivity contribution in [2.24, 2.45) is 5.73 Å². The summed E-state index contributed by atoms with van der Waals surface area (Å²) >= 11 is 0. The van der Waals surface area contributed by atoms with E-state index in [1.54, 1.807) is 6.07 Å². The minimum Gasteiger partial charge on any atom is -0.478 e. The number of ether oxygens (including phenoxy) is 2. The van der Waals surface area contributed by atoms with Crippen LogP contribution in [-0.2, 0) is 14.8 Å². The Hall–Kier alpha value is -3.54. The quantitative estimate of drug-likeness (QED) is 0.340. The number of carboxylic acid groups (broad SMARTS) is 1. The number of aromatic carboxylic acids is 1. The van der Waals surface area contributed by atoms with Crippen molar-refractivity contribution < 1.29 is 27.8 Å². The van der Waals surface area contributed by atoms with Crippen molar-refractivity contribution in [2.45, 2.75) is 50.2 Å². The van der Waals surface area contributed by atoms with Crippen molar-refractivity contribution in [2.75, 3.05) is 17.9 Å². The van der Waals surface area contributed by atoms with E-state index in [4.69, 9.17) is 15.2 Å². The summed E-state index contributed by atoms with van der Waals surface area (Å²) in [5.74, 6) is -1.31. The molecule has 0 bridgehead atoms. The Morgan fingerprint density at radius 3 is 2.46 bits per heavy atom. The first-order valence-corrected chi connectivity index (χ1v) is 13.4. The molecule has 0 spiro atoms. The lowest BCUT2D eigenvalue weighted by Crippen LogP contribution is -2.36. The predicted octanol–water partition coefficient (Wildman–Crippen LogP) is 3.53. The van der Waals surface area contributed by atoms with Gasteiger partial charge in [0, 0.05) is 11.6 Å². The molecule has 196 valence electrons. The summed E-state index contributed by atoms with van der Waals surface area (Å²) in [6.07, 6.45) is 3.49. The van der Waals surface area contributed by atoms with Crippen molar-refractivity contribution in [3.63, 3.8) is 0 Å². The van der Waals surface area contributed by atoms with Crippen LogP contribution in [-0.4, -0.2) is 54.8 Å². The smallest absolute Gasteiger partial charge is 0.335 e. The number of carboxylic acids is 1. The Kier molecular flexibility index (Phi) is 8.06. The number of anilines is 1. The molecule has 1 aliphatic carbocycles. The molecule has 4 rings (SSSR count). The van der Waals surface area contributed by atoms with E-state index in [9.17, 15) is 18.3 Å². The lowest BCUT2D eigenvalue weighted by Gasteiger charge is -2.26.